The summed E-state index contributed by atoms with van der Waals surface area (Å²) in [7, 11) is 2.21. The molecule has 3 heteroatoms. The van der Waals surface area contributed by atoms with Crippen LogP contribution in [0.25, 0.3) is 0 Å². The summed E-state index contributed by atoms with van der Waals surface area (Å²) in [6.07, 6.45) is 5.18. The monoisotopic (exact) mass is 184 g/mol. The third-order valence-electron chi connectivity index (χ3n) is 3.83. The van der Waals surface area contributed by atoms with Gasteiger partial charge in [0.25, 0.3) is 0 Å². The normalized spacial score (nSPS) is 35.3. The van der Waals surface area contributed by atoms with Gasteiger partial charge in [0.1, 0.15) is 0 Å². The highest BCUT2D eigenvalue weighted by Crippen LogP contribution is 2.33. The molecule has 0 spiro atoms. The summed E-state index contributed by atoms with van der Waals surface area (Å²) in [5.74, 6) is 0. The van der Waals surface area contributed by atoms with Crippen molar-refractivity contribution in [3.05, 3.63) is 0 Å². The number of ether oxygens (including phenoxy) is 1. The molecule has 0 amide bonds. The first-order valence-corrected chi connectivity index (χ1v) is 5.29. The Bertz CT molecular complexity index is 174. The van der Waals surface area contributed by atoms with Gasteiger partial charge in [0.05, 0.1) is 12.1 Å². The van der Waals surface area contributed by atoms with E-state index in [1.807, 2.05) is 0 Å². The SMILES string of the molecule is CN(C1CCC1)C1(CN)CCOC1. The molecule has 1 saturated heterocycles. The minimum Gasteiger partial charge on any atom is -0.379 e. The number of nitrogens with two attached hydrogens (primary N) is 1. The van der Waals surface area contributed by atoms with Gasteiger partial charge in [0, 0.05) is 19.2 Å². The van der Waals surface area contributed by atoms with Crippen molar-refractivity contribution in [3.63, 3.8) is 0 Å². The predicted octanol–water partition coefficient (Wildman–Crippen LogP) is 0.588. The zero-order valence-corrected chi connectivity index (χ0v) is 8.46. The first-order chi connectivity index (χ1) is 6.28. The Balaban J connectivity index is 2.01. The number of rotatable bonds is 3. The Morgan fingerprint density at radius 3 is 2.69 bits per heavy atom. The van der Waals surface area contributed by atoms with Crippen molar-refractivity contribution in [2.75, 3.05) is 26.8 Å². The van der Waals surface area contributed by atoms with Crippen molar-refractivity contribution in [2.45, 2.75) is 37.3 Å². The van der Waals surface area contributed by atoms with E-state index in [1.54, 1.807) is 0 Å². The van der Waals surface area contributed by atoms with Crippen molar-refractivity contribution in [1.29, 1.82) is 0 Å². The van der Waals surface area contributed by atoms with Crippen LogP contribution in [0.15, 0.2) is 0 Å². The summed E-state index contributed by atoms with van der Waals surface area (Å²) < 4.78 is 5.47. The molecule has 0 radical (unpaired) electrons. The topological polar surface area (TPSA) is 38.5 Å². The van der Waals surface area contributed by atoms with E-state index in [4.69, 9.17) is 10.5 Å². The summed E-state index contributed by atoms with van der Waals surface area (Å²) in [4.78, 5) is 2.48. The second-order valence-corrected chi connectivity index (χ2v) is 4.43. The summed E-state index contributed by atoms with van der Waals surface area (Å²) in [5.41, 5.74) is 6.02. The van der Waals surface area contributed by atoms with E-state index in [2.05, 4.69) is 11.9 Å². The minimum absolute atomic E-state index is 0.158. The molecule has 76 valence electrons. The fraction of sp³-hybridized carbons (Fsp3) is 1.00. The van der Waals surface area contributed by atoms with Crippen molar-refractivity contribution >= 4 is 0 Å². The molecule has 1 atom stereocenters. The van der Waals surface area contributed by atoms with E-state index in [-0.39, 0.29) is 5.54 Å². The molecule has 2 N–H and O–H groups in total. The van der Waals surface area contributed by atoms with Gasteiger partial charge in [-0.3, -0.25) is 4.90 Å². The van der Waals surface area contributed by atoms with E-state index in [9.17, 15) is 0 Å². The average molecular weight is 184 g/mol. The van der Waals surface area contributed by atoms with Gasteiger partial charge >= 0.3 is 0 Å². The molecule has 0 bridgehead atoms. The van der Waals surface area contributed by atoms with Crippen LogP contribution in [0, 0.1) is 0 Å². The number of nitrogens with zero attached hydrogens (tertiary/aromatic N) is 1. The lowest BCUT2D eigenvalue weighted by molar-refractivity contribution is 0.0284. The first kappa shape index (κ1) is 9.44. The molecule has 3 nitrogen and oxygen atoms in total. The fourth-order valence-electron chi connectivity index (χ4n) is 2.34. The maximum atomic E-state index is 5.86. The molecular weight excluding hydrogens is 164 g/mol. The average Bonchev–Trinajstić information content (AvgIpc) is 2.49. The fourth-order valence-corrected chi connectivity index (χ4v) is 2.34. The standard InChI is InChI=1S/C10H20N2O/c1-12(9-3-2-4-9)10(7-11)5-6-13-8-10/h9H,2-8,11H2,1H3. The van der Waals surface area contributed by atoms with Gasteiger partial charge in [-0.15, -0.1) is 0 Å². The van der Waals surface area contributed by atoms with Crippen LogP contribution in [0.3, 0.4) is 0 Å². The van der Waals surface area contributed by atoms with Crippen molar-refractivity contribution in [1.82, 2.24) is 4.90 Å². The van der Waals surface area contributed by atoms with Gasteiger partial charge in [-0.05, 0) is 26.3 Å². The lowest BCUT2D eigenvalue weighted by Crippen LogP contribution is -2.58. The van der Waals surface area contributed by atoms with E-state index < -0.39 is 0 Å². The number of hydrogen-bond donors (Lipinski definition) is 1. The van der Waals surface area contributed by atoms with Crippen LogP contribution >= 0.6 is 0 Å². The molecule has 1 saturated carbocycles. The summed E-state index contributed by atoms with van der Waals surface area (Å²) in [5, 5.41) is 0. The van der Waals surface area contributed by atoms with Gasteiger partial charge in [-0.25, -0.2) is 0 Å². The van der Waals surface area contributed by atoms with Crippen molar-refractivity contribution in [2.24, 2.45) is 5.73 Å². The number of likely N-dealkylation sites (N-methyl/N-ethyl adjacent to an activating group) is 1. The Morgan fingerprint density at radius 1 is 1.54 bits per heavy atom. The summed E-state index contributed by atoms with van der Waals surface area (Å²) in [6.45, 7) is 2.45. The van der Waals surface area contributed by atoms with E-state index in [1.165, 1.54) is 19.3 Å². The first-order valence-electron chi connectivity index (χ1n) is 5.29. The molecule has 1 aliphatic heterocycles. The van der Waals surface area contributed by atoms with Gasteiger partial charge in [0.15, 0.2) is 0 Å². The minimum atomic E-state index is 0.158. The largest absolute Gasteiger partial charge is 0.379 e. The van der Waals surface area contributed by atoms with Crippen LogP contribution < -0.4 is 5.73 Å². The van der Waals surface area contributed by atoms with Gasteiger partial charge in [0.2, 0.25) is 0 Å². The van der Waals surface area contributed by atoms with E-state index in [0.717, 1.165) is 32.2 Å². The predicted molar refractivity (Wildman–Crippen MR) is 52.6 cm³/mol. The van der Waals surface area contributed by atoms with Crippen LogP contribution in [-0.4, -0.2) is 43.3 Å². The smallest absolute Gasteiger partial charge is 0.0663 e. The summed E-state index contributed by atoms with van der Waals surface area (Å²) >= 11 is 0. The quantitative estimate of drug-likeness (QED) is 0.697. The molecule has 2 fully saturated rings. The molecule has 1 unspecified atom stereocenters. The molecular formula is C10H20N2O. The molecule has 0 aromatic carbocycles. The molecule has 1 aliphatic carbocycles. The Morgan fingerprint density at radius 2 is 2.31 bits per heavy atom. The second-order valence-electron chi connectivity index (χ2n) is 4.43. The second kappa shape index (κ2) is 3.56. The van der Waals surface area contributed by atoms with Crippen molar-refractivity contribution < 1.29 is 4.74 Å². The third-order valence-corrected chi connectivity index (χ3v) is 3.83. The molecule has 1 heterocycles. The lowest BCUT2D eigenvalue weighted by Gasteiger charge is -2.45. The molecule has 2 rings (SSSR count). The maximum absolute atomic E-state index is 5.86. The maximum Gasteiger partial charge on any atom is 0.0663 e. The van der Waals surface area contributed by atoms with Gasteiger partial charge in [-0.1, -0.05) is 6.42 Å². The zero-order chi connectivity index (χ0) is 9.31. The zero-order valence-electron chi connectivity index (χ0n) is 8.46. The van der Waals surface area contributed by atoms with Crippen LogP contribution in [-0.2, 0) is 4.74 Å². The van der Waals surface area contributed by atoms with Crippen LogP contribution in [0.5, 0.6) is 0 Å². The number of hydrogen-bond acceptors (Lipinski definition) is 3. The van der Waals surface area contributed by atoms with Crippen LogP contribution in [0.1, 0.15) is 25.7 Å². The highest BCUT2D eigenvalue weighted by Gasteiger charge is 2.41. The van der Waals surface area contributed by atoms with Crippen LogP contribution in [0.4, 0.5) is 0 Å². The van der Waals surface area contributed by atoms with Gasteiger partial charge in [-0.2, -0.15) is 0 Å². The van der Waals surface area contributed by atoms with Crippen molar-refractivity contribution in [3.8, 4) is 0 Å². The van der Waals surface area contributed by atoms with E-state index in [0.29, 0.717) is 0 Å². The highest BCUT2D eigenvalue weighted by atomic mass is 16.5. The molecule has 13 heavy (non-hydrogen) atoms. The highest BCUT2D eigenvalue weighted by molar-refractivity contribution is 4.97. The van der Waals surface area contributed by atoms with Gasteiger partial charge < -0.3 is 10.5 Å². The summed E-state index contributed by atoms with van der Waals surface area (Å²) in [6, 6.07) is 0.769. The Labute approximate surface area is 80.2 Å². The molecule has 0 aromatic heterocycles. The Kier molecular flexibility index (Phi) is 2.58. The molecule has 0 aromatic rings. The van der Waals surface area contributed by atoms with Crippen LogP contribution in [0.2, 0.25) is 0 Å². The van der Waals surface area contributed by atoms with E-state index >= 15 is 0 Å². The lowest BCUT2D eigenvalue weighted by atomic mass is 9.86. The Hall–Kier alpha value is -0.120. The third kappa shape index (κ3) is 1.49. The molecule has 2 aliphatic rings.